The van der Waals surface area contributed by atoms with Gasteiger partial charge in [-0.25, -0.2) is 0 Å². The molecule has 0 saturated heterocycles. The van der Waals surface area contributed by atoms with Crippen LogP contribution in [0.15, 0.2) is 18.2 Å². The van der Waals surface area contributed by atoms with E-state index in [1.54, 1.807) is 0 Å². The predicted octanol–water partition coefficient (Wildman–Crippen LogP) is 3.72. The minimum atomic E-state index is 0.328. The average molecular weight is 381 g/mol. The lowest BCUT2D eigenvalue weighted by Gasteiger charge is -2.19. The molecule has 2 aromatic rings. The molecule has 1 aromatic heterocycles. The van der Waals surface area contributed by atoms with E-state index in [2.05, 4.69) is 77.1 Å². The molecule has 0 aliphatic heterocycles. The third-order valence-corrected chi connectivity index (χ3v) is 4.49. The van der Waals surface area contributed by atoms with Gasteiger partial charge in [0.05, 0.1) is 9.39 Å². The smallest absolute Gasteiger partial charge is 0.0999 e. The Morgan fingerprint density at radius 2 is 2.15 bits per heavy atom. The van der Waals surface area contributed by atoms with E-state index in [0.717, 1.165) is 25.2 Å². The molecule has 1 aliphatic rings. The maximum absolute atomic E-state index is 4.41. The van der Waals surface area contributed by atoms with Crippen LogP contribution in [0.5, 0.6) is 0 Å². The number of hydrogen-bond acceptors (Lipinski definition) is 2. The molecule has 2 N–H and O–H groups in total. The second-order valence-corrected chi connectivity index (χ2v) is 7.78. The van der Waals surface area contributed by atoms with E-state index in [4.69, 9.17) is 0 Å². The standard InChI is InChI=1S/C16H20IN3/c1-16(2,3)9-18-8-10-4-5-12-11(6-10)7-13-14(12)19-20-15(13)17/h4-6,18H,7-9H2,1-3H3,(H,19,20). The van der Waals surface area contributed by atoms with Gasteiger partial charge in [-0.05, 0) is 39.1 Å². The first-order valence-corrected chi connectivity index (χ1v) is 8.07. The molecule has 4 heteroatoms. The first kappa shape index (κ1) is 14.1. The number of aromatic amines is 1. The van der Waals surface area contributed by atoms with Gasteiger partial charge in [0.15, 0.2) is 0 Å². The van der Waals surface area contributed by atoms with Gasteiger partial charge in [0.2, 0.25) is 0 Å². The Hall–Kier alpha value is -0.880. The van der Waals surface area contributed by atoms with E-state index in [-0.39, 0.29) is 0 Å². The van der Waals surface area contributed by atoms with Crippen molar-refractivity contribution >= 4 is 22.6 Å². The highest BCUT2D eigenvalue weighted by atomic mass is 127. The largest absolute Gasteiger partial charge is 0.312 e. The minimum Gasteiger partial charge on any atom is -0.312 e. The van der Waals surface area contributed by atoms with Gasteiger partial charge in [-0.1, -0.05) is 39.0 Å². The van der Waals surface area contributed by atoms with Crippen molar-refractivity contribution in [3.63, 3.8) is 0 Å². The monoisotopic (exact) mass is 381 g/mol. The van der Waals surface area contributed by atoms with Gasteiger partial charge in [0, 0.05) is 30.6 Å². The second-order valence-electron chi connectivity index (χ2n) is 6.70. The Kier molecular flexibility index (Phi) is 3.62. The van der Waals surface area contributed by atoms with Gasteiger partial charge in [-0.3, -0.25) is 5.10 Å². The average Bonchev–Trinajstić information content (AvgIpc) is 2.88. The van der Waals surface area contributed by atoms with Crippen molar-refractivity contribution in [3.8, 4) is 11.3 Å². The normalized spacial score (nSPS) is 13.4. The summed E-state index contributed by atoms with van der Waals surface area (Å²) in [6, 6.07) is 6.75. The maximum Gasteiger partial charge on any atom is 0.0999 e. The zero-order valence-corrected chi connectivity index (χ0v) is 14.3. The number of H-pyrrole nitrogens is 1. The number of fused-ring (bicyclic) bond motifs is 3. The van der Waals surface area contributed by atoms with Crippen LogP contribution in [0, 0.1) is 9.12 Å². The summed E-state index contributed by atoms with van der Waals surface area (Å²) in [6.07, 6.45) is 1.01. The van der Waals surface area contributed by atoms with E-state index >= 15 is 0 Å². The summed E-state index contributed by atoms with van der Waals surface area (Å²) in [5.74, 6) is 0. The number of nitrogens with zero attached hydrogens (tertiary/aromatic N) is 1. The summed E-state index contributed by atoms with van der Waals surface area (Å²) < 4.78 is 1.17. The number of nitrogens with one attached hydrogen (secondary N) is 2. The summed E-state index contributed by atoms with van der Waals surface area (Å²) in [6.45, 7) is 8.73. The highest BCUT2D eigenvalue weighted by Crippen LogP contribution is 2.37. The zero-order chi connectivity index (χ0) is 14.3. The Morgan fingerprint density at radius 3 is 2.90 bits per heavy atom. The van der Waals surface area contributed by atoms with Crippen LogP contribution in [0.3, 0.4) is 0 Å². The Bertz CT molecular complexity index is 638. The van der Waals surface area contributed by atoms with Gasteiger partial charge in [0.25, 0.3) is 0 Å². The van der Waals surface area contributed by atoms with E-state index in [9.17, 15) is 0 Å². The topological polar surface area (TPSA) is 40.7 Å². The summed E-state index contributed by atoms with van der Waals surface area (Å²) in [5, 5.41) is 11.0. The lowest BCUT2D eigenvalue weighted by Crippen LogP contribution is -2.26. The van der Waals surface area contributed by atoms with Crippen LogP contribution in [0.25, 0.3) is 11.3 Å². The summed E-state index contributed by atoms with van der Waals surface area (Å²) in [5.41, 5.74) is 6.87. The highest BCUT2D eigenvalue weighted by Gasteiger charge is 2.23. The van der Waals surface area contributed by atoms with Crippen molar-refractivity contribution in [2.75, 3.05) is 6.54 Å². The molecule has 106 valence electrons. The Morgan fingerprint density at radius 1 is 1.35 bits per heavy atom. The molecule has 0 saturated carbocycles. The van der Waals surface area contributed by atoms with Gasteiger partial charge < -0.3 is 5.32 Å². The first-order chi connectivity index (χ1) is 9.44. The van der Waals surface area contributed by atoms with Crippen LogP contribution in [0.2, 0.25) is 0 Å². The van der Waals surface area contributed by atoms with Crippen molar-refractivity contribution in [1.82, 2.24) is 15.5 Å². The molecular formula is C16H20IN3. The number of hydrogen-bond donors (Lipinski definition) is 2. The molecular weight excluding hydrogens is 361 g/mol. The molecule has 0 amide bonds. The Balaban J connectivity index is 1.74. The minimum absolute atomic E-state index is 0.328. The van der Waals surface area contributed by atoms with Crippen molar-refractivity contribution in [2.45, 2.75) is 33.7 Å². The van der Waals surface area contributed by atoms with Gasteiger partial charge >= 0.3 is 0 Å². The number of benzene rings is 1. The molecule has 1 aliphatic carbocycles. The first-order valence-electron chi connectivity index (χ1n) is 7.00. The fraction of sp³-hybridized carbons (Fsp3) is 0.438. The third-order valence-electron chi connectivity index (χ3n) is 3.59. The molecule has 0 fully saturated rings. The molecule has 0 spiro atoms. The molecule has 0 unspecified atom stereocenters. The maximum atomic E-state index is 4.41. The van der Waals surface area contributed by atoms with Crippen molar-refractivity contribution in [3.05, 3.63) is 38.6 Å². The van der Waals surface area contributed by atoms with E-state index in [0.29, 0.717) is 5.41 Å². The molecule has 1 aromatic carbocycles. The second kappa shape index (κ2) is 5.15. The molecule has 0 radical (unpaired) electrons. The molecule has 0 bridgehead atoms. The molecule has 0 atom stereocenters. The molecule has 3 rings (SSSR count). The predicted molar refractivity (Wildman–Crippen MR) is 90.7 cm³/mol. The summed E-state index contributed by atoms with van der Waals surface area (Å²) in [7, 11) is 0. The van der Waals surface area contributed by atoms with Crippen LogP contribution in [-0.2, 0) is 13.0 Å². The fourth-order valence-electron chi connectivity index (χ4n) is 2.63. The summed E-state index contributed by atoms with van der Waals surface area (Å²) in [4.78, 5) is 0. The lowest BCUT2D eigenvalue weighted by atomic mass is 9.97. The van der Waals surface area contributed by atoms with Gasteiger partial charge in [0.1, 0.15) is 0 Å². The lowest BCUT2D eigenvalue weighted by molar-refractivity contribution is 0.379. The molecule has 20 heavy (non-hydrogen) atoms. The third kappa shape index (κ3) is 2.76. The number of halogens is 1. The van der Waals surface area contributed by atoms with E-state index < -0.39 is 0 Å². The summed E-state index contributed by atoms with van der Waals surface area (Å²) >= 11 is 2.33. The highest BCUT2D eigenvalue weighted by molar-refractivity contribution is 14.1. The van der Waals surface area contributed by atoms with E-state index in [1.807, 2.05) is 0 Å². The van der Waals surface area contributed by atoms with Gasteiger partial charge in [-0.2, -0.15) is 5.10 Å². The number of aromatic nitrogens is 2. The van der Waals surface area contributed by atoms with Crippen molar-refractivity contribution in [2.24, 2.45) is 5.41 Å². The van der Waals surface area contributed by atoms with Crippen LogP contribution in [0.4, 0.5) is 0 Å². The fourth-order valence-corrected chi connectivity index (χ4v) is 3.20. The molecule has 3 nitrogen and oxygen atoms in total. The quantitative estimate of drug-likeness (QED) is 0.679. The Labute approximate surface area is 133 Å². The van der Waals surface area contributed by atoms with Crippen LogP contribution >= 0.6 is 22.6 Å². The zero-order valence-electron chi connectivity index (χ0n) is 12.2. The van der Waals surface area contributed by atoms with Crippen LogP contribution < -0.4 is 5.32 Å². The SMILES string of the molecule is CC(C)(C)CNCc1ccc2c(c1)Cc1c-2n[nH]c1I. The van der Waals surface area contributed by atoms with Gasteiger partial charge in [-0.15, -0.1) is 0 Å². The molecule has 1 heterocycles. The van der Waals surface area contributed by atoms with Crippen LogP contribution in [-0.4, -0.2) is 16.7 Å². The van der Waals surface area contributed by atoms with Crippen molar-refractivity contribution < 1.29 is 0 Å². The van der Waals surface area contributed by atoms with Crippen LogP contribution in [0.1, 0.15) is 37.5 Å². The van der Waals surface area contributed by atoms with Crippen molar-refractivity contribution in [1.29, 1.82) is 0 Å². The number of rotatable bonds is 3. The van der Waals surface area contributed by atoms with E-state index in [1.165, 1.54) is 26.0 Å².